The first-order valence-electron chi connectivity index (χ1n) is 3.18. The minimum absolute atomic E-state index is 0.420. The fourth-order valence-corrected chi connectivity index (χ4v) is 0.608. The van der Waals surface area contributed by atoms with Gasteiger partial charge in [0.2, 0.25) is 0 Å². The van der Waals surface area contributed by atoms with Gasteiger partial charge in [0.15, 0.2) is 0 Å². The van der Waals surface area contributed by atoms with Crippen molar-refractivity contribution in [2.75, 3.05) is 0 Å². The number of carbonyl (C=O) groups excluding carboxylic acids is 1. The van der Waals surface area contributed by atoms with Gasteiger partial charge in [-0.3, -0.25) is 4.79 Å². The molecule has 1 N–H and O–H groups in total. The molecule has 0 rings (SSSR count). The number of rotatable bonds is 3. The van der Waals surface area contributed by atoms with Crippen LogP contribution in [0.4, 0.5) is 0 Å². The van der Waals surface area contributed by atoms with E-state index in [1.807, 2.05) is 0 Å². The van der Waals surface area contributed by atoms with Crippen molar-refractivity contribution in [2.45, 2.75) is 32.4 Å². The van der Waals surface area contributed by atoms with Crippen molar-refractivity contribution in [3.8, 4) is 0 Å². The predicted octanol–water partition coefficient (Wildman–Crippen LogP) is -0.185. The van der Waals surface area contributed by atoms with Gasteiger partial charge in [-0.05, 0) is 6.42 Å². The van der Waals surface area contributed by atoms with Crippen molar-refractivity contribution in [1.29, 1.82) is 0 Å². The van der Waals surface area contributed by atoms with E-state index in [9.17, 15) is 4.79 Å². The van der Waals surface area contributed by atoms with E-state index < -0.39 is 18.1 Å². The monoisotopic (exact) mass is 142 g/mol. The average molecular weight is 142 g/mol. The van der Waals surface area contributed by atoms with Crippen LogP contribution < -0.4 is 0 Å². The number of carbonyl (C=O) groups is 1. The number of hydrogen-bond acceptors (Lipinski definition) is 3. The first-order valence-corrected chi connectivity index (χ1v) is 3.18. The molecule has 0 aromatic heterocycles. The summed E-state index contributed by atoms with van der Waals surface area (Å²) < 4.78 is 4.65. The van der Waals surface area contributed by atoms with Gasteiger partial charge in [0.1, 0.15) is 14.0 Å². The van der Waals surface area contributed by atoms with Crippen LogP contribution in [0.5, 0.6) is 0 Å². The van der Waals surface area contributed by atoms with Crippen molar-refractivity contribution in [3.63, 3.8) is 0 Å². The molecule has 10 heavy (non-hydrogen) atoms. The molecule has 0 saturated carbocycles. The Kier molecular flexibility index (Phi) is 4.11. The third-order valence-electron chi connectivity index (χ3n) is 1.10. The third-order valence-corrected chi connectivity index (χ3v) is 1.10. The second-order valence-electron chi connectivity index (χ2n) is 2.05. The highest BCUT2D eigenvalue weighted by Gasteiger charge is 2.14. The SMILES string of the molecule is [B]C(O)C(CC)OC(C)=O. The van der Waals surface area contributed by atoms with Gasteiger partial charge >= 0.3 is 5.97 Å². The molecule has 2 unspecified atom stereocenters. The van der Waals surface area contributed by atoms with E-state index in [0.717, 1.165) is 0 Å². The van der Waals surface area contributed by atoms with Crippen LogP contribution in [0.25, 0.3) is 0 Å². The van der Waals surface area contributed by atoms with Crippen LogP contribution in [0.3, 0.4) is 0 Å². The van der Waals surface area contributed by atoms with Crippen molar-refractivity contribution >= 4 is 13.8 Å². The predicted molar refractivity (Wildman–Crippen MR) is 37.6 cm³/mol. The molecule has 0 aliphatic carbocycles. The molecule has 2 atom stereocenters. The number of esters is 1. The fraction of sp³-hybridized carbons (Fsp3) is 0.833. The van der Waals surface area contributed by atoms with Gasteiger partial charge in [-0.2, -0.15) is 0 Å². The highest BCUT2D eigenvalue weighted by Crippen LogP contribution is 2.01. The maximum Gasteiger partial charge on any atom is 0.302 e. The summed E-state index contributed by atoms with van der Waals surface area (Å²) >= 11 is 0. The van der Waals surface area contributed by atoms with Crippen LogP contribution in [0.15, 0.2) is 0 Å². The number of hydrogen-bond donors (Lipinski definition) is 1. The molecule has 0 aliphatic rings. The zero-order valence-electron chi connectivity index (χ0n) is 6.20. The summed E-state index contributed by atoms with van der Waals surface area (Å²) in [5, 5.41) is 8.76. The molecule has 0 aliphatic heterocycles. The second kappa shape index (κ2) is 4.33. The van der Waals surface area contributed by atoms with Crippen molar-refractivity contribution in [2.24, 2.45) is 0 Å². The molecule has 3 nitrogen and oxygen atoms in total. The minimum atomic E-state index is -1.08. The molecule has 0 saturated heterocycles. The van der Waals surface area contributed by atoms with Crippen molar-refractivity contribution in [1.82, 2.24) is 0 Å². The molecule has 4 heteroatoms. The van der Waals surface area contributed by atoms with Crippen LogP contribution in [0.2, 0.25) is 0 Å². The van der Waals surface area contributed by atoms with E-state index in [1.165, 1.54) is 6.92 Å². The lowest BCUT2D eigenvalue weighted by Gasteiger charge is -2.17. The Morgan fingerprint density at radius 2 is 2.30 bits per heavy atom. The standard InChI is InChI=1S/C6H11BO3/c1-3-5(6(7)9)10-4(2)8/h5-6,9H,3H2,1-2H3. The summed E-state index contributed by atoms with van der Waals surface area (Å²) in [5.41, 5.74) is 0. The molecular weight excluding hydrogens is 131 g/mol. The van der Waals surface area contributed by atoms with Crippen molar-refractivity contribution < 1.29 is 14.6 Å². The highest BCUT2D eigenvalue weighted by molar-refractivity contribution is 6.11. The normalized spacial score (nSPS) is 15.9. The lowest BCUT2D eigenvalue weighted by molar-refractivity contribution is -0.149. The molecule has 0 spiro atoms. The van der Waals surface area contributed by atoms with Crippen LogP contribution in [-0.2, 0) is 9.53 Å². The lowest BCUT2D eigenvalue weighted by Crippen LogP contribution is -2.30. The molecule has 56 valence electrons. The third kappa shape index (κ3) is 3.51. The summed E-state index contributed by atoms with van der Waals surface area (Å²) in [5.74, 6) is -0.420. The molecule has 0 aromatic carbocycles. The quantitative estimate of drug-likeness (QED) is 0.439. The van der Waals surface area contributed by atoms with Crippen LogP contribution in [-0.4, -0.2) is 31.0 Å². The Balaban J connectivity index is 3.71. The highest BCUT2D eigenvalue weighted by atomic mass is 16.6. The molecule has 2 radical (unpaired) electrons. The van der Waals surface area contributed by atoms with Crippen LogP contribution in [0, 0.1) is 0 Å². The number of aliphatic hydroxyl groups excluding tert-OH is 1. The smallest absolute Gasteiger partial charge is 0.302 e. The van der Waals surface area contributed by atoms with E-state index in [2.05, 4.69) is 4.74 Å². The van der Waals surface area contributed by atoms with E-state index >= 15 is 0 Å². The van der Waals surface area contributed by atoms with Gasteiger partial charge in [-0.25, -0.2) is 0 Å². The Labute approximate surface area is 61.8 Å². The Morgan fingerprint density at radius 3 is 2.40 bits per heavy atom. The largest absolute Gasteiger partial charge is 0.461 e. The van der Waals surface area contributed by atoms with Crippen molar-refractivity contribution in [3.05, 3.63) is 0 Å². The van der Waals surface area contributed by atoms with Gasteiger partial charge in [0, 0.05) is 12.9 Å². The van der Waals surface area contributed by atoms with E-state index in [4.69, 9.17) is 13.0 Å². The van der Waals surface area contributed by atoms with Crippen LogP contribution in [0.1, 0.15) is 20.3 Å². The summed E-state index contributed by atoms with van der Waals surface area (Å²) in [6.07, 6.45) is -0.0467. The fourth-order valence-electron chi connectivity index (χ4n) is 0.608. The first kappa shape index (κ1) is 9.49. The van der Waals surface area contributed by atoms with Gasteiger partial charge in [0.05, 0.1) is 0 Å². The zero-order valence-corrected chi connectivity index (χ0v) is 6.20. The zero-order chi connectivity index (χ0) is 8.15. The van der Waals surface area contributed by atoms with E-state index in [-0.39, 0.29) is 0 Å². The number of ether oxygens (including phenoxy) is 1. The second-order valence-corrected chi connectivity index (χ2v) is 2.05. The van der Waals surface area contributed by atoms with Gasteiger partial charge < -0.3 is 9.84 Å². The van der Waals surface area contributed by atoms with Gasteiger partial charge in [-0.1, -0.05) is 6.92 Å². The molecular formula is C6H11BO3. The average Bonchev–Trinajstić information content (AvgIpc) is 1.81. The molecule has 0 amide bonds. The Bertz CT molecular complexity index is 114. The summed E-state index contributed by atoms with van der Waals surface area (Å²) in [6.45, 7) is 3.06. The maximum atomic E-state index is 10.3. The molecule has 0 heterocycles. The maximum absolute atomic E-state index is 10.3. The van der Waals surface area contributed by atoms with E-state index in [1.54, 1.807) is 6.92 Å². The molecule has 0 aromatic rings. The minimum Gasteiger partial charge on any atom is -0.461 e. The Hall–Kier alpha value is -0.505. The van der Waals surface area contributed by atoms with E-state index in [0.29, 0.717) is 6.42 Å². The molecule has 0 bridgehead atoms. The summed E-state index contributed by atoms with van der Waals surface area (Å²) in [4.78, 5) is 10.3. The molecule has 0 fully saturated rings. The topological polar surface area (TPSA) is 46.5 Å². The lowest BCUT2D eigenvalue weighted by atomic mass is 9.93. The Morgan fingerprint density at radius 1 is 1.80 bits per heavy atom. The summed E-state index contributed by atoms with van der Waals surface area (Å²) in [6, 6.07) is -1.08. The van der Waals surface area contributed by atoms with Crippen LogP contribution >= 0.6 is 0 Å². The summed E-state index contributed by atoms with van der Waals surface area (Å²) in [7, 11) is 5.07. The number of aliphatic hydroxyl groups is 1. The van der Waals surface area contributed by atoms with Gasteiger partial charge in [0.25, 0.3) is 0 Å². The van der Waals surface area contributed by atoms with Gasteiger partial charge in [-0.15, -0.1) is 0 Å². The first-order chi connectivity index (χ1) is 4.57.